The highest BCUT2D eigenvalue weighted by molar-refractivity contribution is 5.95. The quantitative estimate of drug-likeness (QED) is 0.803. The van der Waals surface area contributed by atoms with E-state index in [9.17, 15) is 13.6 Å². The zero-order valence-electron chi connectivity index (χ0n) is 9.21. The molecule has 0 radical (unpaired) electrons. The van der Waals surface area contributed by atoms with Crippen molar-refractivity contribution in [2.75, 3.05) is 19.3 Å². The molecule has 5 heteroatoms. The van der Waals surface area contributed by atoms with Gasteiger partial charge in [0.15, 0.2) is 0 Å². The molecular formula is C11H14F2N2O. The predicted molar refractivity (Wildman–Crippen MR) is 58.6 cm³/mol. The average Bonchev–Trinajstić information content (AvgIpc) is 2.13. The molecule has 0 saturated carbocycles. The fourth-order valence-corrected chi connectivity index (χ4v) is 1.45. The van der Waals surface area contributed by atoms with Gasteiger partial charge in [0.2, 0.25) is 0 Å². The molecule has 0 aliphatic carbocycles. The monoisotopic (exact) mass is 228 g/mol. The van der Waals surface area contributed by atoms with E-state index < -0.39 is 18.9 Å². The van der Waals surface area contributed by atoms with E-state index in [0.717, 1.165) is 10.5 Å². The smallest absolute Gasteiger partial charge is 0.255 e. The Morgan fingerprint density at radius 3 is 2.56 bits per heavy atom. The van der Waals surface area contributed by atoms with E-state index in [1.165, 1.54) is 13.1 Å². The molecule has 3 nitrogen and oxygen atoms in total. The van der Waals surface area contributed by atoms with Crippen LogP contribution in [0.15, 0.2) is 18.2 Å². The average molecular weight is 228 g/mol. The lowest BCUT2D eigenvalue weighted by Crippen LogP contribution is -2.31. The van der Waals surface area contributed by atoms with Gasteiger partial charge in [0, 0.05) is 18.3 Å². The normalized spacial score (nSPS) is 10.6. The lowest BCUT2D eigenvalue weighted by atomic mass is 10.1. The van der Waals surface area contributed by atoms with E-state index in [2.05, 4.69) is 0 Å². The molecular weight excluding hydrogens is 214 g/mol. The van der Waals surface area contributed by atoms with Gasteiger partial charge in [-0.25, -0.2) is 8.78 Å². The van der Waals surface area contributed by atoms with Crippen molar-refractivity contribution in [2.45, 2.75) is 13.3 Å². The molecule has 1 aromatic rings. The number of alkyl halides is 2. The van der Waals surface area contributed by atoms with Crippen molar-refractivity contribution < 1.29 is 13.6 Å². The molecule has 2 N–H and O–H groups in total. The van der Waals surface area contributed by atoms with Crippen molar-refractivity contribution in [1.82, 2.24) is 4.90 Å². The number of hydrogen-bond donors (Lipinski definition) is 1. The summed E-state index contributed by atoms with van der Waals surface area (Å²) in [5, 5.41) is 0. The molecule has 1 rings (SSSR count). The Bertz CT molecular complexity index is 373. The van der Waals surface area contributed by atoms with Crippen molar-refractivity contribution in [2.24, 2.45) is 0 Å². The Kier molecular flexibility index (Phi) is 3.82. The van der Waals surface area contributed by atoms with Gasteiger partial charge in [-0.15, -0.1) is 0 Å². The van der Waals surface area contributed by atoms with Gasteiger partial charge in [-0.1, -0.05) is 0 Å². The minimum atomic E-state index is -2.53. The number of rotatable bonds is 3. The Hall–Kier alpha value is -1.65. The Morgan fingerprint density at radius 1 is 1.44 bits per heavy atom. The molecule has 0 aromatic heterocycles. The first-order valence-electron chi connectivity index (χ1n) is 4.81. The summed E-state index contributed by atoms with van der Waals surface area (Å²) in [6, 6.07) is 4.82. The number of nitrogens with two attached hydrogens (primary N) is 1. The van der Waals surface area contributed by atoms with E-state index in [4.69, 9.17) is 5.73 Å². The number of nitrogen functional groups attached to an aromatic ring is 1. The first-order valence-corrected chi connectivity index (χ1v) is 4.81. The second kappa shape index (κ2) is 4.92. The number of aryl methyl sites for hydroxylation is 1. The number of halogens is 2. The first-order chi connectivity index (χ1) is 7.40. The van der Waals surface area contributed by atoms with Crippen LogP contribution in [0, 0.1) is 6.92 Å². The van der Waals surface area contributed by atoms with Crippen LogP contribution in [-0.4, -0.2) is 30.8 Å². The van der Waals surface area contributed by atoms with Crippen LogP contribution in [0.25, 0.3) is 0 Å². The van der Waals surface area contributed by atoms with Crippen LogP contribution in [0.3, 0.4) is 0 Å². The molecule has 0 bridgehead atoms. The third kappa shape index (κ3) is 3.18. The van der Waals surface area contributed by atoms with Gasteiger partial charge in [0.25, 0.3) is 12.3 Å². The minimum absolute atomic E-state index is 0.334. The molecule has 88 valence electrons. The van der Waals surface area contributed by atoms with Gasteiger partial charge in [0.05, 0.1) is 6.54 Å². The van der Waals surface area contributed by atoms with Crippen LogP contribution in [0.1, 0.15) is 15.9 Å². The summed E-state index contributed by atoms with van der Waals surface area (Å²) >= 11 is 0. The number of anilines is 1. The van der Waals surface area contributed by atoms with Gasteiger partial charge < -0.3 is 10.6 Å². The molecule has 1 amide bonds. The summed E-state index contributed by atoms with van der Waals surface area (Å²) in [6.07, 6.45) is -2.53. The summed E-state index contributed by atoms with van der Waals surface area (Å²) in [7, 11) is 1.34. The topological polar surface area (TPSA) is 46.3 Å². The van der Waals surface area contributed by atoms with Crippen LogP contribution >= 0.6 is 0 Å². The number of nitrogens with zero attached hydrogens (tertiary/aromatic N) is 1. The summed E-state index contributed by atoms with van der Waals surface area (Å²) < 4.78 is 24.2. The Balaban J connectivity index is 2.87. The van der Waals surface area contributed by atoms with Crippen LogP contribution in [-0.2, 0) is 0 Å². The van der Waals surface area contributed by atoms with E-state index >= 15 is 0 Å². The van der Waals surface area contributed by atoms with Gasteiger partial charge in [-0.2, -0.15) is 0 Å². The summed E-state index contributed by atoms with van der Waals surface area (Å²) in [6.45, 7) is 1.22. The number of carbonyl (C=O) groups excluding carboxylic acids is 1. The van der Waals surface area contributed by atoms with Gasteiger partial charge in [0.1, 0.15) is 0 Å². The highest BCUT2D eigenvalue weighted by atomic mass is 19.3. The Morgan fingerprint density at radius 2 is 2.06 bits per heavy atom. The lowest BCUT2D eigenvalue weighted by Gasteiger charge is -2.17. The molecule has 0 unspecified atom stereocenters. The van der Waals surface area contributed by atoms with Crippen molar-refractivity contribution in [3.63, 3.8) is 0 Å². The third-order valence-corrected chi connectivity index (χ3v) is 2.11. The maximum absolute atomic E-state index is 12.1. The highest BCUT2D eigenvalue weighted by Crippen LogP contribution is 2.13. The SMILES string of the molecule is Cc1cc(N)cc(C(=O)N(C)CC(F)F)c1. The second-order valence-electron chi connectivity index (χ2n) is 3.71. The lowest BCUT2D eigenvalue weighted by molar-refractivity contribution is 0.0620. The van der Waals surface area contributed by atoms with E-state index in [1.54, 1.807) is 19.1 Å². The van der Waals surface area contributed by atoms with E-state index in [-0.39, 0.29) is 0 Å². The molecule has 0 aliphatic rings. The van der Waals surface area contributed by atoms with Crippen molar-refractivity contribution in [3.8, 4) is 0 Å². The van der Waals surface area contributed by atoms with E-state index in [0.29, 0.717) is 11.3 Å². The van der Waals surface area contributed by atoms with E-state index in [1.807, 2.05) is 0 Å². The highest BCUT2D eigenvalue weighted by Gasteiger charge is 2.16. The standard InChI is InChI=1S/C11H14F2N2O/c1-7-3-8(5-9(14)4-7)11(16)15(2)6-10(12)13/h3-5,10H,6,14H2,1-2H3. The summed E-state index contributed by atoms with van der Waals surface area (Å²) in [5.74, 6) is -0.448. The maximum atomic E-state index is 12.1. The number of carbonyl (C=O) groups is 1. The molecule has 16 heavy (non-hydrogen) atoms. The van der Waals surface area contributed by atoms with Crippen molar-refractivity contribution in [3.05, 3.63) is 29.3 Å². The fraction of sp³-hybridized carbons (Fsp3) is 0.364. The van der Waals surface area contributed by atoms with Gasteiger partial charge in [-0.3, -0.25) is 4.79 Å². The fourth-order valence-electron chi connectivity index (χ4n) is 1.45. The minimum Gasteiger partial charge on any atom is -0.399 e. The number of hydrogen-bond acceptors (Lipinski definition) is 2. The molecule has 1 aromatic carbocycles. The molecule has 0 spiro atoms. The van der Waals surface area contributed by atoms with Gasteiger partial charge >= 0.3 is 0 Å². The number of amides is 1. The van der Waals surface area contributed by atoms with Crippen molar-refractivity contribution in [1.29, 1.82) is 0 Å². The molecule has 0 atom stereocenters. The Labute approximate surface area is 92.8 Å². The second-order valence-corrected chi connectivity index (χ2v) is 3.71. The van der Waals surface area contributed by atoms with Crippen LogP contribution in [0.5, 0.6) is 0 Å². The van der Waals surface area contributed by atoms with Gasteiger partial charge in [-0.05, 0) is 30.7 Å². The number of benzene rings is 1. The zero-order valence-corrected chi connectivity index (χ0v) is 9.21. The van der Waals surface area contributed by atoms with Crippen LogP contribution in [0.4, 0.5) is 14.5 Å². The zero-order chi connectivity index (χ0) is 12.3. The summed E-state index contributed by atoms with van der Waals surface area (Å²) in [5.41, 5.74) is 7.19. The molecule has 0 saturated heterocycles. The van der Waals surface area contributed by atoms with Crippen LogP contribution < -0.4 is 5.73 Å². The molecule has 0 fully saturated rings. The summed E-state index contributed by atoms with van der Waals surface area (Å²) in [4.78, 5) is 12.7. The predicted octanol–water partition coefficient (Wildman–Crippen LogP) is 1.91. The third-order valence-electron chi connectivity index (χ3n) is 2.11. The first kappa shape index (κ1) is 12.4. The van der Waals surface area contributed by atoms with Crippen molar-refractivity contribution >= 4 is 11.6 Å². The maximum Gasteiger partial charge on any atom is 0.255 e. The molecule has 0 heterocycles. The largest absolute Gasteiger partial charge is 0.399 e. The van der Waals surface area contributed by atoms with Crippen LogP contribution in [0.2, 0.25) is 0 Å². The molecule has 0 aliphatic heterocycles.